The monoisotopic (exact) mass is 704 g/mol. The van der Waals surface area contributed by atoms with Crippen LogP contribution in [0.25, 0.3) is 68.6 Å². The predicted octanol–water partition coefficient (Wildman–Crippen LogP) is 11.5. The van der Waals surface area contributed by atoms with E-state index in [2.05, 4.69) is 118 Å². The van der Waals surface area contributed by atoms with Gasteiger partial charge in [-0.25, -0.2) is 9.97 Å². The van der Waals surface area contributed by atoms with Crippen LogP contribution in [0.1, 0.15) is 22.8 Å². The number of aromatic nitrogens is 4. The van der Waals surface area contributed by atoms with Crippen molar-refractivity contribution in [1.29, 1.82) is 0 Å². The van der Waals surface area contributed by atoms with Crippen LogP contribution in [-0.2, 0) is 0 Å². The molecule has 0 radical (unpaired) electrons. The number of anilines is 4. The maximum absolute atomic E-state index is 5.44. The largest absolute Gasteiger partial charge is 0.497 e. The van der Waals surface area contributed by atoms with Gasteiger partial charge in [0, 0.05) is 33.5 Å². The number of methoxy groups -OCH3 is 2. The van der Waals surface area contributed by atoms with Gasteiger partial charge in [-0.2, -0.15) is 0 Å². The van der Waals surface area contributed by atoms with Gasteiger partial charge in [-0.05, 0) is 108 Å². The normalized spacial score (nSPS) is 11.7. The van der Waals surface area contributed by atoms with E-state index in [0.29, 0.717) is 0 Å². The van der Waals surface area contributed by atoms with E-state index in [1.54, 1.807) is 14.2 Å². The minimum Gasteiger partial charge on any atom is -0.497 e. The molecule has 0 amide bonds. The van der Waals surface area contributed by atoms with E-state index in [9.17, 15) is 0 Å². The maximum atomic E-state index is 5.44. The molecule has 0 aliphatic carbocycles. The third-order valence-corrected chi connectivity index (χ3v) is 9.60. The zero-order chi connectivity index (χ0) is 36.4. The third-order valence-electron chi connectivity index (χ3n) is 9.60. The van der Waals surface area contributed by atoms with Gasteiger partial charge in [0.1, 0.15) is 11.5 Å². The van der Waals surface area contributed by atoms with Gasteiger partial charge < -0.3 is 30.1 Å². The Morgan fingerprint density at radius 3 is 1.17 bits per heavy atom. The third kappa shape index (κ3) is 6.26. The molecule has 0 saturated heterocycles. The number of fused-ring (bicyclic) bond motifs is 8. The fourth-order valence-corrected chi connectivity index (χ4v) is 6.92. The molecule has 54 heavy (non-hydrogen) atoms. The Balaban J connectivity index is 1.37. The summed E-state index contributed by atoms with van der Waals surface area (Å²) in [6, 6.07) is 45.0. The van der Waals surface area contributed by atoms with Crippen molar-refractivity contribution in [2.24, 2.45) is 0 Å². The fraction of sp³-hybridized carbons (Fsp3) is 0.0435. The van der Waals surface area contributed by atoms with Gasteiger partial charge in [0.25, 0.3) is 0 Å². The Kier molecular flexibility index (Phi) is 8.45. The topological polar surface area (TPSA) is 99.9 Å². The second-order valence-corrected chi connectivity index (χ2v) is 12.9. The zero-order valence-electron chi connectivity index (χ0n) is 29.7. The Labute approximate surface area is 312 Å². The summed E-state index contributed by atoms with van der Waals surface area (Å²) in [6.45, 7) is 0. The van der Waals surface area contributed by atoms with E-state index in [1.165, 1.54) is 0 Å². The number of nitrogens with zero attached hydrogens (tertiary/aromatic N) is 2. The molecular formula is C46H36N6O2. The van der Waals surface area contributed by atoms with E-state index in [-0.39, 0.29) is 0 Å². The molecular weight excluding hydrogens is 669 g/mol. The SMILES string of the molecule is COc1ccc(Nc2c3nc(c(-c4ccccc4)c4ccc([nH]4)c(Nc4ccc(OC)cc4)c4nc(c(-c5ccccc5)c5ccc2[nH]5)C=C4)C=C3)cc1. The number of aromatic amines is 2. The number of rotatable bonds is 8. The summed E-state index contributed by atoms with van der Waals surface area (Å²) in [5, 5.41) is 7.35. The molecule has 2 aliphatic rings. The van der Waals surface area contributed by atoms with Crippen molar-refractivity contribution in [3.05, 3.63) is 156 Å². The van der Waals surface area contributed by atoms with Crippen molar-refractivity contribution in [2.45, 2.75) is 0 Å². The lowest BCUT2D eigenvalue weighted by Crippen LogP contribution is -1.95. The van der Waals surface area contributed by atoms with Crippen LogP contribution in [0.15, 0.2) is 133 Å². The Bertz CT molecular complexity index is 2520. The summed E-state index contributed by atoms with van der Waals surface area (Å²) >= 11 is 0. The minimum absolute atomic E-state index is 0.787. The second-order valence-electron chi connectivity index (χ2n) is 12.9. The van der Waals surface area contributed by atoms with Gasteiger partial charge in [0.2, 0.25) is 0 Å². The highest BCUT2D eigenvalue weighted by molar-refractivity contribution is 5.99. The van der Waals surface area contributed by atoms with Crippen LogP contribution in [0.5, 0.6) is 11.5 Å². The Morgan fingerprint density at radius 2 is 0.778 bits per heavy atom. The number of hydrogen-bond donors (Lipinski definition) is 4. The summed E-state index contributed by atoms with van der Waals surface area (Å²) in [7, 11) is 3.34. The highest BCUT2D eigenvalue weighted by Gasteiger charge is 2.18. The second kappa shape index (κ2) is 14.0. The molecule has 9 rings (SSSR count). The van der Waals surface area contributed by atoms with Crippen LogP contribution in [0, 0.1) is 0 Å². The zero-order valence-corrected chi connectivity index (χ0v) is 29.7. The molecule has 8 nitrogen and oxygen atoms in total. The molecule has 0 unspecified atom stereocenters. The van der Waals surface area contributed by atoms with Gasteiger partial charge in [0.05, 0.1) is 59.4 Å². The Hall–Kier alpha value is -7.32. The van der Waals surface area contributed by atoms with Crippen molar-refractivity contribution in [3.8, 4) is 33.8 Å². The van der Waals surface area contributed by atoms with Gasteiger partial charge in [-0.1, -0.05) is 60.7 Å². The van der Waals surface area contributed by atoms with Crippen molar-refractivity contribution >= 4 is 69.1 Å². The Morgan fingerprint density at radius 1 is 0.407 bits per heavy atom. The lowest BCUT2D eigenvalue weighted by molar-refractivity contribution is 0.415. The number of H-pyrrole nitrogens is 2. The summed E-state index contributed by atoms with van der Waals surface area (Å²) in [4.78, 5) is 18.1. The number of benzene rings is 4. The van der Waals surface area contributed by atoms with Crippen molar-refractivity contribution in [2.75, 3.05) is 24.9 Å². The van der Waals surface area contributed by atoms with Crippen LogP contribution in [0.2, 0.25) is 0 Å². The van der Waals surface area contributed by atoms with Gasteiger partial charge in [0.15, 0.2) is 0 Å². The van der Waals surface area contributed by atoms with E-state index in [0.717, 1.165) is 101 Å². The molecule has 3 aromatic heterocycles. The smallest absolute Gasteiger partial charge is 0.119 e. The van der Waals surface area contributed by atoms with Crippen LogP contribution < -0.4 is 20.1 Å². The van der Waals surface area contributed by atoms with Crippen molar-refractivity contribution < 1.29 is 9.47 Å². The molecule has 4 N–H and O–H groups in total. The summed E-state index contributed by atoms with van der Waals surface area (Å²) in [6.07, 6.45) is 8.31. The molecule has 262 valence electrons. The molecule has 7 aromatic rings. The predicted molar refractivity (Wildman–Crippen MR) is 222 cm³/mol. The van der Waals surface area contributed by atoms with Gasteiger partial charge in [-0.3, -0.25) is 0 Å². The first kappa shape index (κ1) is 32.6. The molecule has 4 aromatic carbocycles. The molecule has 8 bridgehead atoms. The fourth-order valence-electron chi connectivity index (χ4n) is 6.92. The lowest BCUT2D eigenvalue weighted by atomic mass is 10.0. The molecule has 0 spiro atoms. The molecule has 0 atom stereocenters. The molecule has 2 aliphatic heterocycles. The molecule has 0 saturated carbocycles. The quantitative estimate of drug-likeness (QED) is 0.126. The van der Waals surface area contributed by atoms with Gasteiger partial charge in [-0.15, -0.1) is 0 Å². The van der Waals surface area contributed by atoms with E-state index in [1.807, 2.05) is 60.7 Å². The van der Waals surface area contributed by atoms with Crippen LogP contribution in [0.3, 0.4) is 0 Å². The van der Waals surface area contributed by atoms with Crippen LogP contribution in [-0.4, -0.2) is 34.2 Å². The number of nitrogens with one attached hydrogen (secondary N) is 4. The number of ether oxygens (including phenoxy) is 2. The van der Waals surface area contributed by atoms with E-state index >= 15 is 0 Å². The first-order chi connectivity index (χ1) is 26.6. The first-order valence-electron chi connectivity index (χ1n) is 17.7. The lowest BCUT2D eigenvalue weighted by Gasteiger charge is -2.10. The van der Waals surface area contributed by atoms with Crippen molar-refractivity contribution in [1.82, 2.24) is 19.9 Å². The highest BCUT2D eigenvalue weighted by atomic mass is 16.5. The summed E-state index contributed by atoms with van der Waals surface area (Å²) < 4.78 is 10.9. The van der Waals surface area contributed by atoms with E-state index < -0.39 is 0 Å². The standard InChI is InChI=1S/C46H36N6O2/c1-53-33-17-13-31(14-18-33)47-45-39-25-21-35(49-39)43(29-9-5-3-6-10-29)37-23-27-41(51-37)46(48-32-15-19-34(54-2)20-16-32)42-28-24-38(52-42)44(30-11-7-4-8-12-30)36-22-26-40(45)50-36/h3-28,47-49,52H,1-2H3. The molecule has 8 heteroatoms. The summed E-state index contributed by atoms with van der Waals surface area (Å²) in [5.74, 6) is 1.57. The minimum atomic E-state index is 0.787. The molecule has 5 heterocycles. The van der Waals surface area contributed by atoms with Crippen LogP contribution in [0.4, 0.5) is 22.7 Å². The van der Waals surface area contributed by atoms with Crippen molar-refractivity contribution in [3.63, 3.8) is 0 Å². The first-order valence-corrected chi connectivity index (χ1v) is 17.7. The molecule has 0 fully saturated rings. The van der Waals surface area contributed by atoms with Gasteiger partial charge >= 0.3 is 0 Å². The highest BCUT2D eigenvalue weighted by Crippen LogP contribution is 2.37. The summed E-state index contributed by atoms with van der Waals surface area (Å²) in [5.41, 5.74) is 14.4. The maximum Gasteiger partial charge on any atom is 0.119 e. The average Bonchev–Trinajstić information content (AvgIpc) is 4.07. The van der Waals surface area contributed by atoms with E-state index in [4.69, 9.17) is 19.4 Å². The average molecular weight is 705 g/mol. The number of hydrogen-bond acceptors (Lipinski definition) is 6. The van der Waals surface area contributed by atoms with Crippen LogP contribution >= 0.6 is 0 Å².